The van der Waals surface area contributed by atoms with Crippen molar-refractivity contribution in [1.29, 1.82) is 0 Å². The monoisotopic (exact) mass is 343 g/mol. The Morgan fingerprint density at radius 1 is 1.25 bits per heavy atom. The molecule has 126 valence electrons. The van der Waals surface area contributed by atoms with Gasteiger partial charge in [-0.3, -0.25) is 14.6 Å². The molecule has 0 atom stereocenters. The fourth-order valence-corrected chi connectivity index (χ4v) is 4.26. The Morgan fingerprint density at radius 3 is 2.75 bits per heavy atom. The molecule has 6 heteroatoms. The molecule has 0 unspecified atom stereocenters. The van der Waals surface area contributed by atoms with Crippen LogP contribution in [-0.2, 0) is 24.2 Å². The molecule has 2 heterocycles. The van der Waals surface area contributed by atoms with Crippen LogP contribution in [-0.4, -0.2) is 16.8 Å². The van der Waals surface area contributed by atoms with Crippen molar-refractivity contribution >= 4 is 28.2 Å². The minimum atomic E-state index is -0.148. The van der Waals surface area contributed by atoms with Gasteiger partial charge in [0.2, 0.25) is 5.91 Å². The van der Waals surface area contributed by atoms with Crippen LogP contribution in [0.4, 0.5) is 5.00 Å². The van der Waals surface area contributed by atoms with E-state index in [1.807, 2.05) is 19.1 Å². The summed E-state index contributed by atoms with van der Waals surface area (Å²) in [5, 5.41) is 6.46. The first-order valence-corrected chi connectivity index (χ1v) is 8.98. The molecule has 0 bridgehead atoms. The van der Waals surface area contributed by atoms with Crippen LogP contribution in [0.5, 0.6) is 0 Å². The molecule has 2 amide bonds. The number of rotatable bonds is 4. The number of nitrogens with zero attached hydrogens (tertiary/aromatic N) is 1. The Bertz CT molecular complexity index is 765. The lowest BCUT2D eigenvalue weighted by Gasteiger charge is -2.13. The van der Waals surface area contributed by atoms with E-state index in [4.69, 9.17) is 0 Å². The Kier molecular flexibility index (Phi) is 4.94. The summed E-state index contributed by atoms with van der Waals surface area (Å²) in [5.41, 5.74) is 3.66. The maximum Gasteiger partial charge on any atom is 0.254 e. The summed E-state index contributed by atoms with van der Waals surface area (Å²) in [6.07, 6.45) is 5.89. The molecule has 0 spiro atoms. The van der Waals surface area contributed by atoms with Crippen LogP contribution in [0.2, 0.25) is 0 Å². The summed E-state index contributed by atoms with van der Waals surface area (Å²) >= 11 is 1.54. The first-order chi connectivity index (χ1) is 11.5. The van der Waals surface area contributed by atoms with Crippen molar-refractivity contribution in [3.8, 4) is 0 Å². The van der Waals surface area contributed by atoms with Crippen molar-refractivity contribution in [3.63, 3.8) is 0 Å². The minimum Gasteiger partial charge on any atom is -0.348 e. The number of anilines is 1. The highest BCUT2D eigenvalue weighted by Crippen LogP contribution is 2.38. The second-order valence-electron chi connectivity index (χ2n) is 6.09. The van der Waals surface area contributed by atoms with E-state index in [9.17, 15) is 9.59 Å². The molecule has 0 radical (unpaired) electrons. The highest BCUT2D eigenvalue weighted by atomic mass is 32.1. The van der Waals surface area contributed by atoms with Gasteiger partial charge in [-0.15, -0.1) is 11.3 Å². The number of fused-ring (bicyclic) bond motifs is 1. The van der Waals surface area contributed by atoms with Crippen LogP contribution in [0.25, 0.3) is 0 Å². The second kappa shape index (κ2) is 7.13. The lowest BCUT2D eigenvalue weighted by atomic mass is 9.95. The van der Waals surface area contributed by atoms with Crippen LogP contribution in [0.15, 0.2) is 18.3 Å². The van der Waals surface area contributed by atoms with Crippen molar-refractivity contribution in [2.75, 3.05) is 5.32 Å². The second-order valence-corrected chi connectivity index (χ2v) is 7.19. The molecule has 0 aromatic carbocycles. The maximum atomic E-state index is 12.7. The number of aromatic nitrogens is 1. The molecule has 2 N–H and O–H groups in total. The third-order valence-corrected chi connectivity index (χ3v) is 5.32. The van der Waals surface area contributed by atoms with Gasteiger partial charge in [0.05, 0.1) is 5.56 Å². The molecule has 0 fully saturated rings. The van der Waals surface area contributed by atoms with Gasteiger partial charge in [0.25, 0.3) is 5.91 Å². The third kappa shape index (κ3) is 3.64. The average molecular weight is 343 g/mol. The Hall–Kier alpha value is -2.21. The molecule has 2 aromatic heterocycles. The fraction of sp³-hybridized carbons (Fsp3) is 0.389. The molecule has 24 heavy (non-hydrogen) atoms. The Balaban J connectivity index is 1.81. The number of amides is 2. The van der Waals surface area contributed by atoms with E-state index in [1.54, 1.807) is 6.20 Å². The van der Waals surface area contributed by atoms with Gasteiger partial charge in [-0.05, 0) is 49.8 Å². The number of carbonyl (C=O) groups excluding carboxylic acids is 2. The van der Waals surface area contributed by atoms with Crippen LogP contribution in [0.3, 0.4) is 0 Å². The lowest BCUT2D eigenvalue weighted by molar-refractivity contribution is -0.114. The number of pyridine rings is 1. The summed E-state index contributed by atoms with van der Waals surface area (Å²) in [6.45, 7) is 3.83. The summed E-state index contributed by atoms with van der Waals surface area (Å²) in [6, 6.07) is 3.89. The summed E-state index contributed by atoms with van der Waals surface area (Å²) in [7, 11) is 0. The van der Waals surface area contributed by atoms with E-state index in [2.05, 4.69) is 15.6 Å². The Morgan fingerprint density at radius 2 is 2.04 bits per heavy atom. The van der Waals surface area contributed by atoms with E-state index < -0.39 is 0 Å². The van der Waals surface area contributed by atoms with Gasteiger partial charge in [-0.25, -0.2) is 0 Å². The summed E-state index contributed by atoms with van der Waals surface area (Å²) in [4.78, 5) is 29.7. The molecule has 1 aliphatic rings. The molecular formula is C18H21N3O2S. The highest BCUT2D eigenvalue weighted by Gasteiger charge is 2.25. The summed E-state index contributed by atoms with van der Waals surface area (Å²) < 4.78 is 0. The normalized spacial score (nSPS) is 13.2. The zero-order valence-electron chi connectivity index (χ0n) is 13.9. The van der Waals surface area contributed by atoms with Gasteiger partial charge in [0.1, 0.15) is 5.00 Å². The van der Waals surface area contributed by atoms with Crippen molar-refractivity contribution in [3.05, 3.63) is 45.6 Å². The molecule has 3 rings (SSSR count). The zero-order chi connectivity index (χ0) is 17.1. The maximum absolute atomic E-state index is 12.7. The standard InChI is InChI=1S/C18H21N3O2S/c1-11-7-8-13(9-19-11)10-20-17(23)16-14-5-3-4-6-15(14)24-18(16)21-12(2)22/h7-9H,3-6,10H2,1-2H3,(H,20,23)(H,21,22). The van der Waals surface area contributed by atoms with Gasteiger partial charge in [0, 0.05) is 30.2 Å². The van der Waals surface area contributed by atoms with E-state index >= 15 is 0 Å². The molecule has 0 saturated heterocycles. The van der Waals surface area contributed by atoms with Gasteiger partial charge in [-0.2, -0.15) is 0 Å². The van der Waals surface area contributed by atoms with Crippen LogP contribution in [0, 0.1) is 6.92 Å². The molecule has 5 nitrogen and oxygen atoms in total. The van der Waals surface area contributed by atoms with Gasteiger partial charge >= 0.3 is 0 Å². The Labute approximate surface area is 145 Å². The minimum absolute atomic E-state index is 0.126. The molecular weight excluding hydrogens is 322 g/mol. The number of aryl methyl sites for hydroxylation is 2. The van der Waals surface area contributed by atoms with Gasteiger partial charge in [0.15, 0.2) is 0 Å². The molecule has 1 aliphatic carbocycles. The van der Waals surface area contributed by atoms with Gasteiger partial charge < -0.3 is 10.6 Å². The third-order valence-electron chi connectivity index (χ3n) is 4.11. The number of nitrogens with one attached hydrogen (secondary N) is 2. The largest absolute Gasteiger partial charge is 0.348 e. The fourth-order valence-electron chi connectivity index (χ4n) is 2.93. The molecule has 2 aromatic rings. The van der Waals surface area contributed by atoms with Gasteiger partial charge in [-0.1, -0.05) is 6.07 Å². The van der Waals surface area contributed by atoms with Crippen molar-refractivity contribution in [1.82, 2.24) is 10.3 Å². The SMILES string of the molecule is CC(=O)Nc1sc2c(c1C(=O)NCc1ccc(C)nc1)CCCC2. The van der Waals surface area contributed by atoms with Crippen molar-refractivity contribution < 1.29 is 9.59 Å². The summed E-state index contributed by atoms with van der Waals surface area (Å²) in [5.74, 6) is -0.274. The topological polar surface area (TPSA) is 71.1 Å². The first-order valence-electron chi connectivity index (χ1n) is 8.16. The quantitative estimate of drug-likeness (QED) is 0.895. The smallest absolute Gasteiger partial charge is 0.254 e. The predicted molar refractivity (Wildman–Crippen MR) is 95.4 cm³/mol. The van der Waals surface area contributed by atoms with Crippen LogP contribution < -0.4 is 10.6 Å². The lowest BCUT2D eigenvalue weighted by Crippen LogP contribution is -2.25. The first kappa shape index (κ1) is 16.6. The van der Waals surface area contributed by atoms with E-state index in [0.29, 0.717) is 17.1 Å². The van der Waals surface area contributed by atoms with Crippen molar-refractivity contribution in [2.24, 2.45) is 0 Å². The van der Waals surface area contributed by atoms with E-state index in [-0.39, 0.29) is 11.8 Å². The number of hydrogen-bond donors (Lipinski definition) is 2. The van der Waals surface area contributed by atoms with Crippen molar-refractivity contribution in [2.45, 2.75) is 46.1 Å². The van der Waals surface area contributed by atoms with Crippen LogP contribution in [0.1, 0.15) is 51.8 Å². The number of hydrogen-bond acceptors (Lipinski definition) is 4. The molecule has 0 aliphatic heterocycles. The molecule has 0 saturated carbocycles. The number of carbonyl (C=O) groups is 2. The van der Waals surface area contributed by atoms with E-state index in [1.165, 1.54) is 23.1 Å². The number of thiophene rings is 1. The zero-order valence-corrected chi connectivity index (χ0v) is 14.8. The van der Waals surface area contributed by atoms with Crippen LogP contribution >= 0.6 is 11.3 Å². The highest BCUT2D eigenvalue weighted by molar-refractivity contribution is 7.17. The van der Waals surface area contributed by atoms with E-state index in [0.717, 1.165) is 42.5 Å². The predicted octanol–water partition coefficient (Wildman–Crippen LogP) is 3.22. The average Bonchev–Trinajstić information content (AvgIpc) is 2.91.